The predicted octanol–water partition coefficient (Wildman–Crippen LogP) is 3.44. The van der Waals surface area contributed by atoms with Crippen LogP contribution in [0, 0.1) is 29.1 Å². The van der Waals surface area contributed by atoms with Crippen LogP contribution in [0.3, 0.4) is 0 Å². The molecule has 0 saturated heterocycles. The Balaban J connectivity index is 1.96. The van der Waals surface area contributed by atoms with Gasteiger partial charge in [0.15, 0.2) is 0 Å². The van der Waals surface area contributed by atoms with Crippen molar-refractivity contribution in [1.82, 2.24) is 0 Å². The summed E-state index contributed by atoms with van der Waals surface area (Å²) in [6, 6.07) is 2.25. The Hall–Kier alpha value is -0.990. The lowest BCUT2D eigenvalue weighted by Gasteiger charge is -2.36. The summed E-state index contributed by atoms with van der Waals surface area (Å²) in [7, 11) is 0. The van der Waals surface area contributed by atoms with E-state index in [1.807, 2.05) is 0 Å². The van der Waals surface area contributed by atoms with E-state index in [9.17, 15) is 0 Å². The highest BCUT2D eigenvalue weighted by atomic mass is 14.4. The van der Waals surface area contributed by atoms with E-state index < -0.39 is 0 Å². The molecular formula is C13H17N. The van der Waals surface area contributed by atoms with Crippen LogP contribution in [0.25, 0.3) is 0 Å². The van der Waals surface area contributed by atoms with E-state index in [0.717, 1.165) is 24.7 Å². The molecule has 1 unspecified atom stereocenters. The van der Waals surface area contributed by atoms with Crippen LogP contribution >= 0.6 is 0 Å². The maximum absolute atomic E-state index is 8.58. The summed E-state index contributed by atoms with van der Waals surface area (Å²) >= 11 is 0. The van der Waals surface area contributed by atoms with Gasteiger partial charge in [-0.15, -0.1) is 5.73 Å². The van der Waals surface area contributed by atoms with Gasteiger partial charge in [-0.2, -0.15) is 5.26 Å². The molecule has 0 radical (unpaired) electrons. The third-order valence-electron chi connectivity index (χ3n) is 3.73. The van der Waals surface area contributed by atoms with Gasteiger partial charge in [0.05, 0.1) is 6.07 Å². The summed E-state index contributed by atoms with van der Waals surface area (Å²) < 4.78 is 0. The van der Waals surface area contributed by atoms with Crippen LogP contribution in [0.15, 0.2) is 17.4 Å². The third kappa shape index (κ3) is 1.63. The lowest BCUT2D eigenvalue weighted by atomic mass is 9.68. The standard InChI is InChI=1S/C13H17N/c1-10-7-8-12(10)13-6-2-4-11(13)5-3-9-14/h2,10-12H,3-5,7-8H2,1H3/t10?,11-,12-/m1/s1. The average Bonchev–Trinajstić information content (AvgIpc) is 2.60. The molecule has 0 N–H and O–H groups in total. The normalized spacial score (nSPS) is 34.9. The van der Waals surface area contributed by atoms with Crippen molar-refractivity contribution in [2.45, 2.75) is 39.0 Å². The molecule has 0 aliphatic heterocycles. The van der Waals surface area contributed by atoms with Crippen LogP contribution in [-0.2, 0) is 0 Å². The highest BCUT2D eigenvalue weighted by molar-refractivity contribution is 5.20. The number of hydrogen-bond acceptors (Lipinski definition) is 1. The molecule has 0 amide bonds. The van der Waals surface area contributed by atoms with Gasteiger partial charge in [0, 0.05) is 6.42 Å². The molecule has 14 heavy (non-hydrogen) atoms. The molecule has 1 saturated carbocycles. The zero-order valence-electron chi connectivity index (χ0n) is 8.79. The first-order chi connectivity index (χ1) is 6.83. The van der Waals surface area contributed by atoms with Gasteiger partial charge in [0.1, 0.15) is 0 Å². The SMILES string of the molecule is CC1CC[C@H]1C1=C=CC[C@@H]1CCC#N. The van der Waals surface area contributed by atoms with E-state index >= 15 is 0 Å². The Kier molecular flexibility index (Phi) is 2.75. The minimum atomic E-state index is 0.641. The van der Waals surface area contributed by atoms with Crippen LogP contribution in [0.5, 0.6) is 0 Å². The first-order valence-corrected chi connectivity index (χ1v) is 5.65. The van der Waals surface area contributed by atoms with Gasteiger partial charge in [-0.25, -0.2) is 0 Å². The molecule has 1 nitrogen and oxygen atoms in total. The van der Waals surface area contributed by atoms with E-state index in [1.54, 1.807) is 0 Å². The molecule has 0 spiro atoms. The molecule has 0 bridgehead atoms. The molecule has 0 aromatic carbocycles. The lowest BCUT2D eigenvalue weighted by molar-refractivity contribution is 0.220. The van der Waals surface area contributed by atoms with Crippen LogP contribution in [0.2, 0.25) is 0 Å². The molecule has 1 fully saturated rings. The first kappa shape index (κ1) is 9.56. The molecule has 0 aromatic heterocycles. The van der Waals surface area contributed by atoms with Crippen molar-refractivity contribution in [2.75, 3.05) is 0 Å². The maximum atomic E-state index is 8.58. The van der Waals surface area contributed by atoms with Crippen LogP contribution in [0.1, 0.15) is 39.0 Å². The topological polar surface area (TPSA) is 23.8 Å². The van der Waals surface area contributed by atoms with Gasteiger partial charge >= 0.3 is 0 Å². The highest BCUT2D eigenvalue weighted by Gasteiger charge is 2.34. The van der Waals surface area contributed by atoms with Crippen molar-refractivity contribution in [3.05, 3.63) is 17.4 Å². The number of nitriles is 1. The zero-order valence-corrected chi connectivity index (χ0v) is 8.79. The van der Waals surface area contributed by atoms with Crippen molar-refractivity contribution >= 4 is 0 Å². The van der Waals surface area contributed by atoms with E-state index in [2.05, 4.69) is 24.8 Å². The monoisotopic (exact) mass is 187 g/mol. The molecule has 74 valence electrons. The largest absolute Gasteiger partial charge is 0.198 e. The molecule has 0 aromatic rings. The first-order valence-electron chi connectivity index (χ1n) is 5.65. The Morgan fingerprint density at radius 1 is 1.57 bits per heavy atom. The summed E-state index contributed by atoms with van der Waals surface area (Å²) in [5.74, 6) is 2.29. The second-order valence-corrected chi connectivity index (χ2v) is 4.59. The molecule has 2 aliphatic rings. The highest BCUT2D eigenvalue weighted by Crippen LogP contribution is 2.44. The fourth-order valence-electron chi connectivity index (χ4n) is 2.61. The second kappa shape index (κ2) is 4.03. The Morgan fingerprint density at radius 3 is 3.00 bits per heavy atom. The predicted molar refractivity (Wildman–Crippen MR) is 56.4 cm³/mol. The van der Waals surface area contributed by atoms with Crippen molar-refractivity contribution in [1.29, 1.82) is 5.26 Å². The van der Waals surface area contributed by atoms with Crippen molar-refractivity contribution in [3.8, 4) is 6.07 Å². The van der Waals surface area contributed by atoms with Crippen LogP contribution < -0.4 is 0 Å². The third-order valence-corrected chi connectivity index (χ3v) is 3.73. The molecule has 0 heterocycles. The van der Waals surface area contributed by atoms with Gasteiger partial charge in [0.25, 0.3) is 0 Å². The van der Waals surface area contributed by atoms with Gasteiger partial charge in [-0.3, -0.25) is 0 Å². The molecule has 1 heteroatoms. The Labute approximate surface area is 86.1 Å². The van der Waals surface area contributed by atoms with Gasteiger partial charge < -0.3 is 0 Å². The minimum absolute atomic E-state index is 0.641. The van der Waals surface area contributed by atoms with Crippen molar-refractivity contribution in [2.24, 2.45) is 17.8 Å². The van der Waals surface area contributed by atoms with Crippen LogP contribution in [0.4, 0.5) is 0 Å². The molecule has 2 aliphatic carbocycles. The summed E-state index contributed by atoms with van der Waals surface area (Å²) in [4.78, 5) is 0. The fraction of sp³-hybridized carbons (Fsp3) is 0.692. The van der Waals surface area contributed by atoms with Gasteiger partial charge in [0.2, 0.25) is 0 Å². The van der Waals surface area contributed by atoms with E-state index in [0.29, 0.717) is 12.3 Å². The minimum Gasteiger partial charge on any atom is -0.198 e. The van der Waals surface area contributed by atoms with E-state index in [1.165, 1.54) is 18.4 Å². The van der Waals surface area contributed by atoms with Crippen molar-refractivity contribution < 1.29 is 0 Å². The molecule has 3 atom stereocenters. The quantitative estimate of drug-likeness (QED) is 0.621. The number of allylic oxidation sites excluding steroid dienone is 1. The number of rotatable bonds is 3. The van der Waals surface area contributed by atoms with Gasteiger partial charge in [-0.1, -0.05) is 6.92 Å². The van der Waals surface area contributed by atoms with E-state index in [-0.39, 0.29) is 0 Å². The Bertz CT molecular complexity index is 315. The lowest BCUT2D eigenvalue weighted by Crippen LogP contribution is -2.27. The Morgan fingerprint density at radius 2 is 2.43 bits per heavy atom. The second-order valence-electron chi connectivity index (χ2n) is 4.59. The fourth-order valence-corrected chi connectivity index (χ4v) is 2.61. The molecular weight excluding hydrogens is 170 g/mol. The average molecular weight is 187 g/mol. The smallest absolute Gasteiger partial charge is 0.0621 e. The molecule has 2 rings (SSSR count). The summed E-state index contributed by atoms with van der Waals surface area (Å²) in [5.41, 5.74) is 4.96. The summed E-state index contributed by atoms with van der Waals surface area (Å²) in [5, 5.41) is 8.58. The number of nitrogens with zero attached hydrogens (tertiary/aromatic N) is 1. The van der Waals surface area contributed by atoms with Crippen molar-refractivity contribution in [3.63, 3.8) is 0 Å². The zero-order chi connectivity index (χ0) is 9.97. The van der Waals surface area contributed by atoms with E-state index in [4.69, 9.17) is 5.26 Å². The summed E-state index contributed by atoms with van der Waals surface area (Å²) in [6.07, 6.45) is 7.76. The van der Waals surface area contributed by atoms with Gasteiger partial charge in [-0.05, 0) is 55.1 Å². The number of hydrogen-bond donors (Lipinski definition) is 0. The maximum Gasteiger partial charge on any atom is 0.0621 e. The van der Waals surface area contributed by atoms with Crippen LogP contribution in [-0.4, -0.2) is 0 Å². The summed E-state index contributed by atoms with van der Waals surface area (Å²) in [6.45, 7) is 2.34.